The average molecular weight is 409 g/mol. The topological polar surface area (TPSA) is 125 Å². The predicted octanol–water partition coefficient (Wildman–Crippen LogP) is 1.24. The molecule has 1 heterocycles. The number of benzene rings is 2. The smallest absolute Gasteiger partial charge is 0.407 e. The third-order valence-corrected chi connectivity index (χ3v) is 5.22. The summed E-state index contributed by atoms with van der Waals surface area (Å²) in [6.45, 7) is -0.410. The summed E-state index contributed by atoms with van der Waals surface area (Å²) in [4.78, 5) is 46.8. The maximum Gasteiger partial charge on any atom is 0.407 e. The van der Waals surface area contributed by atoms with Crippen LogP contribution in [0.2, 0.25) is 0 Å². The molecular weight excluding hydrogens is 390 g/mol. The van der Waals surface area contributed by atoms with E-state index < -0.39 is 36.5 Å². The molecule has 0 bridgehead atoms. The number of carboxylic acids is 1. The molecule has 30 heavy (non-hydrogen) atoms. The monoisotopic (exact) mass is 409 g/mol. The van der Waals surface area contributed by atoms with Gasteiger partial charge in [-0.15, -0.1) is 0 Å². The van der Waals surface area contributed by atoms with Gasteiger partial charge in [0.1, 0.15) is 13.2 Å². The zero-order chi connectivity index (χ0) is 21.3. The number of ether oxygens (including phenoxy) is 1. The summed E-state index contributed by atoms with van der Waals surface area (Å²) in [5, 5.41) is 12.1. The van der Waals surface area contributed by atoms with E-state index in [-0.39, 0.29) is 18.9 Å². The van der Waals surface area contributed by atoms with Gasteiger partial charge in [0.2, 0.25) is 5.91 Å². The van der Waals surface area contributed by atoms with Crippen LogP contribution in [0.4, 0.5) is 4.79 Å². The van der Waals surface area contributed by atoms with E-state index in [2.05, 4.69) is 10.7 Å². The molecular formula is C21H19N3O6. The second-order valence-electron chi connectivity index (χ2n) is 7.04. The minimum atomic E-state index is -1.30. The highest BCUT2D eigenvalue weighted by atomic mass is 16.5. The first-order valence-corrected chi connectivity index (χ1v) is 9.39. The molecule has 1 fully saturated rings. The summed E-state index contributed by atoms with van der Waals surface area (Å²) in [6.07, 6.45) is -1.13. The maximum atomic E-state index is 12.2. The number of hydrazine groups is 1. The molecule has 0 spiro atoms. The molecule has 3 amide bonds. The number of aliphatic carboxylic acids is 1. The standard InChI is InChI=1S/C21H19N3O6/c25-18-9-17(20(27)28)24(23-18)19(26)10-22-21(29)30-11-16-14-7-3-1-5-12(14)13-6-2-4-8-15(13)16/h1-8,16-17H,9-11H2,(H,22,29)(H,23,25)(H,27,28). The van der Waals surface area contributed by atoms with Crippen molar-refractivity contribution in [3.05, 3.63) is 59.7 Å². The number of rotatable bonds is 5. The van der Waals surface area contributed by atoms with Crippen LogP contribution in [-0.4, -0.2) is 53.2 Å². The Morgan fingerprint density at radius 1 is 1.07 bits per heavy atom. The van der Waals surface area contributed by atoms with Gasteiger partial charge in [-0.25, -0.2) is 14.6 Å². The fraction of sp³-hybridized carbons (Fsp3) is 0.238. The van der Waals surface area contributed by atoms with Gasteiger partial charge in [-0.1, -0.05) is 48.5 Å². The molecule has 9 nitrogen and oxygen atoms in total. The van der Waals surface area contributed by atoms with Crippen LogP contribution in [0, 0.1) is 0 Å². The first-order valence-electron chi connectivity index (χ1n) is 9.39. The van der Waals surface area contributed by atoms with Gasteiger partial charge < -0.3 is 15.2 Å². The predicted molar refractivity (Wildman–Crippen MR) is 104 cm³/mol. The van der Waals surface area contributed by atoms with E-state index in [0.29, 0.717) is 5.01 Å². The second kappa shape index (κ2) is 7.86. The van der Waals surface area contributed by atoms with E-state index in [4.69, 9.17) is 9.84 Å². The average Bonchev–Trinajstić information content (AvgIpc) is 3.29. The molecule has 3 N–H and O–H groups in total. The van der Waals surface area contributed by atoms with Gasteiger partial charge in [0.05, 0.1) is 6.42 Å². The highest BCUT2D eigenvalue weighted by Gasteiger charge is 2.39. The van der Waals surface area contributed by atoms with E-state index in [1.807, 2.05) is 48.5 Å². The number of carbonyl (C=O) groups excluding carboxylic acids is 3. The molecule has 4 rings (SSSR count). The molecule has 1 aliphatic heterocycles. The Morgan fingerprint density at radius 2 is 1.67 bits per heavy atom. The van der Waals surface area contributed by atoms with Gasteiger partial charge in [0, 0.05) is 5.92 Å². The van der Waals surface area contributed by atoms with E-state index >= 15 is 0 Å². The highest BCUT2D eigenvalue weighted by Crippen LogP contribution is 2.44. The normalized spacial score (nSPS) is 17.1. The summed E-state index contributed by atoms with van der Waals surface area (Å²) in [7, 11) is 0. The van der Waals surface area contributed by atoms with Crippen LogP contribution in [0.5, 0.6) is 0 Å². The molecule has 0 radical (unpaired) electrons. The van der Waals surface area contributed by atoms with Gasteiger partial charge in [0.25, 0.3) is 5.91 Å². The Bertz CT molecular complexity index is 991. The molecule has 0 aromatic heterocycles. The largest absolute Gasteiger partial charge is 0.480 e. The third-order valence-electron chi connectivity index (χ3n) is 5.22. The molecule has 1 atom stereocenters. The van der Waals surface area contributed by atoms with Crippen LogP contribution < -0.4 is 10.7 Å². The van der Waals surface area contributed by atoms with Gasteiger partial charge in [-0.2, -0.15) is 0 Å². The van der Waals surface area contributed by atoms with E-state index in [0.717, 1.165) is 22.3 Å². The van der Waals surface area contributed by atoms with Crippen molar-refractivity contribution in [1.29, 1.82) is 0 Å². The molecule has 0 saturated carbocycles. The number of nitrogens with one attached hydrogen (secondary N) is 2. The molecule has 1 unspecified atom stereocenters. The van der Waals surface area contributed by atoms with Crippen LogP contribution in [0.25, 0.3) is 11.1 Å². The molecule has 1 aliphatic carbocycles. The number of fused-ring (bicyclic) bond motifs is 3. The fourth-order valence-electron chi connectivity index (χ4n) is 3.84. The lowest BCUT2D eigenvalue weighted by atomic mass is 9.98. The van der Waals surface area contributed by atoms with Crippen molar-refractivity contribution in [3.8, 4) is 11.1 Å². The third kappa shape index (κ3) is 3.57. The van der Waals surface area contributed by atoms with Crippen LogP contribution in [0.1, 0.15) is 23.5 Å². The van der Waals surface area contributed by atoms with Crippen molar-refractivity contribution < 1.29 is 29.0 Å². The van der Waals surface area contributed by atoms with E-state index in [9.17, 15) is 19.2 Å². The Kier molecular flexibility index (Phi) is 5.09. The number of hydrogen-bond acceptors (Lipinski definition) is 5. The van der Waals surface area contributed by atoms with Gasteiger partial charge in [0.15, 0.2) is 6.04 Å². The van der Waals surface area contributed by atoms with Crippen LogP contribution in [0.3, 0.4) is 0 Å². The van der Waals surface area contributed by atoms with Crippen molar-refractivity contribution in [2.75, 3.05) is 13.2 Å². The van der Waals surface area contributed by atoms with Crippen molar-refractivity contribution >= 4 is 23.9 Å². The summed E-state index contributed by atoms with van der Waals surface area (Å²) < 4.78 is 5.32. The SMILES string of the molecule is O=C1CC(C(=O)O)N(C(=O)CNC(=O)OCC2c3ccccc3-c3ccccc32)N1. The van der Waals surface area contributed by atoms with Crippen molar-refractivity contribution in [3.63, 3.8) is 0 Å². The lowest BCUT2D eigenvalue weighted by Gasteiger charge is -2.20. The second-order valence-corrected chi connectivity index (χ2v) is 7.04. The summed E-state index contributed by atoms with van der Waals surface area (Å²) >= 11 is 0. The van der Waals surface area contributed by atoms with Crippen molar-refractivity contribution in [2.45, 2.75) is 18.4 Å². The first kappa shape index (κ1) is 19.4. The van der Waals surface area contributed by atoms with Gasteiger partial charge in [-0.3, -0.25) is 15.0 Å². The number of carbonyl (C=O) groups is 4. The lowest BCUT2D eigenvalue weighted by molar-refractivity contribution is -0.149. The van der Waals surface area contributed by atoms with Crippen molar-refractivity contribution in [1.82, 2.24) is 15.8 Å². The van der Waals surface area contributed by atoms with Crippen LogP contribution in [-0.2, 0) is 19.1 Å². The Morgan fingerprint density at radius 3 is 2.27 bits per heavy atom. The Labute approximate surface area is 171 Å². The minimum absolute atomic E-state index is 0.0895. The Hall–Kier alpha value is -3.88. The zero-order valence-electron chi connectivity index (χ0n) is 15.8. The molecule has 2 aromatic rings. The van der Waals surface area contributed by atoms with Crippen molar-refractivity contribution in [2.24, 2.45) is 0 Å². The number of nitrogens with zero attached hydrogens (tertiary/aromatic N) is 1. The Balaban J connectivity index is 1.35. The molecule has 1 saturated heterocycles. The zero-order valence-corrected chi connectivity index (χ0v) is 15.8. The number of amides is 3. The van der Waals surface area contributed by atoms with Crippen LogP contribution in [0.15, 0.2) is 48.5 Å². The summed E-state index contributed by atoms with van der Waals surface area (Å²) in [6, 6.07) is 14.5. The summed E-state index contributed by atoms with van der Waals surface area (Å²) in [5.41, 5.74) is 6.50. The first-order chi connectivity index (χ1) is 14.5. The number of carboxylic acid groups (broad SMARTS) is 1. The molecule has 154 valence electrons. The lowest BCUT2D eigenvalue weighted by Crippen LogP contribution is -2.50. The maximum absolute atomic E-state index is 12.2. The van der Waals surface area contributed by atoms with Gasteiger partial charge >= 0.3 is 12.1 Å². The quantitative estimate of drug-likeness (QED) is 0.682. The molecule has 2 aromatic carbocycles. The number of alkyl carbamates (subject to hydrolysis) is 1. The summed E-state index contributed by atoms with van der Waals surface area (Å²) in [5.74, 6) is -2.74. The van der Waals surface area contributed by atoms with E-state index in [1.54, 1.807) is 0 Å². The van der Waals surface area contributed by atoms with Crippen LogP contribution >= 0.6 is 0 Å². The van der Waals surface area contributed by atoms with E-state index in [1.165, 1.54) is 0 Å². The molecule has 2 aliphatic rings. The minimum Gasteiger partial charge on any atom is -0.480 e. The highest BCUT2D eigenvalue weighted by molar-refractivity contribution is 5.94. The van der Waals surface area contributed by atoms with Gasteiger partial charge in [-0.05, 0) is 22.3 Å². The fourth-order valence-corrected chi connectivity index (χ4v) is 3.84. The number of hydrogen-bond donors (Lipinski definition) is 3. The molecule has 9 heteroatoms.